The van der Waals surface area contributed by atoms with Crippen LogP contribution in [0.25, 0.3) is 0 Å². The minimum absolute atomic E-state index is 0.225. The largest absolute Gasteiger partial charge is 0.356 e. The minimum atomic E-state index is -0.225. The molecule has 0 spiro atoms. The highest BCUT2D eigenvalue weighted by Gasteiger charge is 2.16. The van der Waals surface area contributed by atoms with Gasteiger partial charge in [0.15, 0.2) is 5.69 Å². The van der Waals surface area contributed by atoms with Crippen molar-refractivity contribution in [3.63, 3.8) is 0 Å². The van der Waals surface area contributed by atoms with Gasteiger partial charge in [-0.15, -0.1) is 0 Å². The molecule has 3 rings (SSSR count). The van der Waals surface area contributed by atoms with E-state index in [1.54, 1.807) is 6.20 Å². The molecule has 1 unspecified atom stereocenters. The first-order valence-electron chi connectivity index (χ1n) is 6.91. The van der Waals surface area contributed by atoms with Crippen LogP contribution in [0, 0.1) is 11.3 Å². The van der Waals surface area contributed by atoms with Crippen molar-refractivity contribution in [3.8, 4) is 6.07 Å². The monoisotopic (exact) mass is 321 g/mol. The maximum absolute atomic E-state index is 8.80. The molecule has 5 nitrogen and oxygen atoms in total. The van der Waals surface area contributed by atoms with Gasteiger partial charge in [-0.05, 0) is 29.8 Å². The molecule has 1 atom stereocenters. The first-order chi connectivity index (χ1) is 11.3. The Hall–Kier alpha value is -2.97. The van der Waals surface area contributed by atoms with Crippen molar-refractivity contribution in [1.82, 2.24) is 15.0 Å². The fourth-order valence-corrected chi connectivity index (χ4v) is 2.37. The van der Waals surface area contributed by atoms with E-state index in [0.29, 0.717) is 10.8 Å². The van der Waals surface area contributed by atoms with Crippen LogP contribution in [0.15, 0.2) is 61.1 Å². The molecule has 0 aliphatic rings. The zero-order chi connectivity index (χ0) is 16.1. The predicted octanol–water partition coefficient (Wildman–Crippen LogP) is 3.60. The summed E-state index contributed by atoms with van der Waals surface area (Å²) >= 11 is 6.11. The normalized spacial score (nSPS) is 11.5. The van der Waals surface area contributed by atoms with Gasteiger partial charge in [-0.1, -0.05) is 29.8 Å². The van der Waals surface area contributed by atoms with Gasteiger partial charge < -0.3 is 5.32 Å². The zero-order valence-corrected chi connectivity index (χ0v) is 12.8. The lowest BCUT2D eigenvalue weighted by molar-refractivity contribution is 0.875. The molecule has 6 heteroatoms. The molecular formula is C17H12ClN5. The Bertz CT molecular complexity index is 828. The third-order valence-corrected chi connectivity index (χ3v) is 3.46. The highest BCUT2D eigenvalue weighted by atomic mass is 35.5. The van der Waals surface area contributed by atoms with Gasteiger partial charge in [-0.2, -0.15) is 5.26 Å². The number of pyridine rings is 1. The number of anilines is 1. The summed E-state index contributed by atoms with van der Waals surface area (Å²) in [6, 6.07) is 15.0. The van der Waals surface area contributed by atoms with Gasteiger partial charge in [-0.25, -0.2) is 9.97 Å². The number of nitrogens with zero attached hydrogens (tertiary/aromatic N) is 4. The van der Waals surface area contributed by atoms with Crippen LogP contribution in [0.5, 0.6) is 0 Å². The van der Waals surface area contributed by atoms with Crippen LogP contribution in [0.3, 0.4) is 0 Å². The maximum atomic E-state index is 8.80. The fourth-order valence-electron chi connectivity index (χ4n) is 2.17. The van der Waals surface area contributed by atoms with Crippen molar-refractivity contribution in [2.75, 3.05) is 5.32 Å². The van der Waals surface area contributed by atoms with E-state index in [1.807, 2.05) is 48.5 Å². The molecule has 1 N–H and O–H groups in total. The molecule has 0 saturated heterocycles. The Labute approximate surface area is 138 Å². The Morgan fingerprint density at radius 1 is 1.04 bits per heavy atom. The maximum Gasteiger partial charge on any atom is 0.158 e. The highest BCUT2D eigenvalue weighted by molar-refractivity contribution is 6.30. The lowest BCUT2D eigenvalue weighted by atomic mass is 10.0. The van der Waals surface area contributed by atoms with Crippen molar-refractivity contribution >= 4 is 17.4 Å². The van der Waals surface area contributed by atoms with E-state index in [1.165, 1.54) is 12.4 Å². The molecule has 1 aromatic carbocycles. The first kappa shape index (κ1) is 14.9. The van der Waals surface area contributed by atoms with Crippen LogP contribution in [-0.4, -0.2) is 15.0 Å². The van der Waals surface area contributed by atoms with Crippen LogP contribution in [0.1, 0.15) is 23.0 Å². The summed E-state index contributed by atoms with van der Waals surface area (Å²) in [5, 5.41) is 12.7. The number of hydrogen-bond donors (Lipinski definition) is 1. The predicted molar refractivity (Wildman–Crippen MR) is 87.9 cm³/mol. The number of nitrogens with one attached hydrogen (secondary N) is 1. The van der Waals surface area contributed by atoms with Crippen LogP contribution < -0.4 is 5.32 Å². The highest BCUT2D eigenvalue weighted by Crippen LogP contribution is 2.26. The van der Waals surface area contributed by atoms with Crippen molar-refractivity contribution in [3.05, 3.63) is 83.0 Å². The average molecular weight is 322 g/mol. The van der Waals surface area contributed by atoms with Gasteiger partial charge >= 0.3 is 0 Å². The second kappa shape index (κ2) is 6.86. The summed E-state index contributed by atoms with van der Waals surface area (Å²) in [5.74, 6) is 0.555. The minimum Gasteiger partial charge on any atom is -0.356 e. The molecule has 2 heterocycles. The van der Waals surface area contributed by atoms with Gasteiger partial charge in [0.2, 0.25) is 0 Å². The molecule has 112 valence electrons. The van der Waals surface area contributed by atoms with Crippen LogP contribution >= 0.6 is 11.6 Å². The van der Waals surface area contributed by atoms with Gasteiger partial charge in [0, 0.05) is 11.2 Å². The smallest absolute Gasteiger partial charge is 0.158 e. The van der Waals surface area contributed by atoms with Crippen molar-refractivity contribution in [2.45, 2.75) is 6.04 Å². The van der Waals surface area contributed by atoms with Gasteiger partial charge in [0.25, 0.3) is 0 Å². The van der Waals surface area contributed by atoms with Crippen molar-refractivity contribution < 1.29 is 0 Å². The second-order valence-corrected chi connectivity index (χ2v) is 5.22. The average Bonchev–Trinajstić information content (AvgIpc) is 2.61. The fraction of sp³-hybridized carbons (Fsp3) is 0.0588. The zero-order valence-electron chi connectivity index (χ0n) is 12.0. The Morgan fingerprint density at radius 3 is 2.61 bits per heavy atom. The molecule has 0 radical (unpaired) electrons. The molecule has 3 aromatic rings. The number of halogens is 1. The van der Waals surface area contributed by atoms with E-state index in [0.717, 1.165) is 11.3 Å². The van der Waals surface area contributed by atoms with Gasteiger partial charge in [-0.3, -0.25) is 4.98 Å². The lowest BCUT2D eigenvalue weighted by Crippen LogP contribution is -2.15. The quantitative estimate of drug-likeness (QED) is 0.794. The molecule has 0 aliphatic heterocycles. The third-order valence-electron chi connectivity index (χ3n) is 3.22. The molecule has 0 fully saturated rings. The molecule has 23 heavy (non-hydrogen) atoms. The molecule has 0 saturated carbocycles. The van der Waals surface area contributed by atoms with E-state index in [9.17, 15) is 0 Å². The summed E-state index contributed by atoms with van der Waals surface area (Å²) < 4.78 is 0. The van der Waals surface area contributed by atoms with Gasteiger partial charge in [0.05, 0.1) is 24.1 Å². The summed E-state index contributed by atoms with van der Waals surface area (Å²) in [4.78, 5) is 12.6. The Morgan fingerprint density at radius 2 is 1.96 bits per heavy atom. The lowest BCUT2D eigenvalue weighted by Gasteiger charge is -2.19. The molecule has 0 bridgehead atoms. The van der Waals surface area contributed by atoms with Gasteiger partial charge in [0.1, 0.15) is 11.9 Å². The van der Waals surface area contributed by atoms with E-state index in [-0.39, 0.29) is 11.7 Å². The summed E-state index contributed by atoms with van der Waals surface area (Å²) in [6.45, 7) is 0. The summed E-state index contributed by atoms with van der Waals surface area (Å²) in [7, 11) is 0. The Kier molecular flexibility index (Phi) is 4.46. The number of rotatable bonds is 4. The standard InChI is InChI=1S/C17H12ClN5/c18-13-5-3-4-12(8-13)17(15-6-1-2-7-20-15)23-16-11-21-14(9-19)10-22-16/h1-8,10-11,17H,(H,22,23). The van der Waals surface area contributed by atoms with E-state index >= 15 is 0 Å². The summed E-state index contributed by atoms with van der Waals surface area (Å²) in [5.41, 5.74) is 2.07. The molecule has 0 amide bonds. The molecule has 2 aromatic heterocycles. The Balaban J connectivity index is 1.96. The number of hydrogen-bond acceptors (Lipinski definition) is 5. The van der Waals surface area contributed by atoms with Crippen LogP contribution in [-0.2, 0) is 0 Å². The molecular weight excluding hydrogens is 310 g/mol. The molecule has 0 aliphatic carbocycles. The number of aromatic nitrogens is 3. The topological polar surface area (TPSA) is 74.5 Å². The number of benzene rings is 1. The third kappa shape index (κ3) is 3.62. The van der Waals surface area contributed by atoms with Crippen LogP contribution in [0.4, 0.5) is 5.82 Å². The van der Waals surface area contributed by atoms with E-state index in [4.69, 9.17) is 16.9 Å². The SMILES string of the molecule is N#Cc1cnc(NC(c2cccc(Cl)c2)c2ccccn2)cn1. The van der Waals surface area contributed by atoms with Crippen molar-refractivity contribution in [1.29, 1.82) is 5.26 Å². The number of nitriles is 1. The van der Waals surface area contributed by atoms with E-state index < -0.39 is 0 Å². The first-order valence-corrected chi connectivity index (χ1v) is 7.29. The van der Waals surface area contributed by atoms with Crippen LogP contribution in [0.2, 0.25) is 5.02 Å². The second-order valence-electron chi connectivity index (χ2n) is 4.79. The van der Waals surface area contributed by atoms with E-state index in [2.05, 4.69) is 20.3 Å². The van der Waals surface area contributed by atoms with Crippen molar-refractivity contribution in [2.24, 2.45) is 0 Å². The summed E-state index contributed by atoms with van der Waals surface area (Å²) in [6.07, 6.45) is 4.69.